The molecule has 1 atom stereocenters. The van der Waals surface area contributed by atoms with Crippen LogP contribution in [0, 0.1) is 0 Å². The van der Waals surface area contributed by atoms with E-state index in [-0.39, 0.29) is 0 Å². The van der Waals surface area contributed by atoms with Crippen molar-refractivity contribution in [3.63, 3.8) is 0 Å². The van der Waals surface area contributed by atoms with Gasteiger partial charge in [-0.1, -0.05) is 128 Å². The molecule has 1 unspecified atom stereocenters. The molecule has 218 valence electrons. The molecule has 0 saturated carbocycles. The van der Waals surface area contributed by atoms with Crippen molar-refractivity contribution in [2.75, 3.05) is 0 Å². The second-order valence-electron chi connectivity index (χ2n) is 12.1. The maximum Gasteiger partial charge on any atom is 0.145 e. The largest absolute Gasteiger partial charge is 0.455 e. The lowest BCUT2D eigenvalue weighted by Gasteiger charge is -2.35. The highest BCUT2D eigenvalue weighted by Gasteiger charge is 2.45. The van der Waals surface area contributed by atoms with Crippen LogP contribution in [-0.2, 0) is 5.41 Å². The Morgan fingerprint density at radius 1 is 0.630 bits per heavy atom. The molecule has 0 N–H and O–H groups in total. The van der Waals surface area contributed by atoms with Crippen molar-refractivity contribution in [2.45, 2.75) is 12.3 Å². The Kier molecular flexibility index (Phi) is 5.82. The summed E-state index contributed by atoms with van der Waals surface area (Å²) in [5.74, 6) is 0. The van der Waals surface area contributed by atoms with E-state index in [1.54, 1.807) is 0 Å². The molecule has 2 heterocycles. The zero-order chi connectivity index (χ0) is 30.8. The van der Waals surface area contributed by atoms with Crippen LogP contribution in [0.1, 0.15) is 29.2 Å². The molecule has 0 amide bonds. The molecule has 0 radical (unpaired) electrons. The SMILES string of the molecule is C=C/C=C\C1=C(C)c2ccccc2C1(c1ccccc1)c1ccc(-n2c3ccccc3c3c4oc5ccccc5c4ccc32)cc1. The Morgan fingerprint density at radius 2 is 1.33 bits per heavy atom. The highest BCUT2D eigenvalue weighted by molar-refractivity contribution is 6.23. The maximum absolute atomic E-state index is 6.53. The van der Waals surface area contributed by atoms with E-state index in [9.17, 15) is 0 Å². The van der Waals surface area contributed by atoms with Gasteiger partial charge in [0.1, 0.15) is 11.2 Å². The lowest BCUT2D eigenvalue weighted by Crippen LogP contribution is -2.29. The summed E-state index contributed by atoms with van der Waals surface area (Å²) in [7, 11) is 0. The second kappa shape index (κ2) is 10.1. The number of benzene rings is 6. The summed E-state index contributed by atoms with van der Waals surface area (Å²) in [6.45, 7) is 6.24. The third-order valence-electron chi connectivity index (χ3n) is 9.89. The minimum absolute atomic E-state index is 0.457. The fourth-order valence-electron chi connectivity index (χ4n) is 7.97. The van der Waals surface area contributed by atoms with Gasteiger partial charge in [0, 0.05) is 21.8 Å². The van der Waals surface area contributed by atoms with Gasteiger partial charge in [0.2, 0.25) is 0 Å². The van der Waals surface area contributed by atoms with Crippen molar-refractivity contribution in [3.8, 4) is 5.69 Å². The molecular formula is C44H31NO. The number of furan rings is 1. The molecule has 0 spiro atoms. The van der Waals surface area contributed by atoms with Crippen LogP contribution in [0.3, 0.4) is 0 Å². The molecule has 1 aliphatic rings. The quantitative estimate of drug-likeness (QED) is 0.183. The van der Waals surface area contributed by atoms with Gasteiger partial charge < -0.3 is 8.98 Å². The van der Waals surface area contributed by atoms with Crippen molar-refractivity contribution in [2.24, 2.45) is 0 Å². The molecule has 46 heavy (non-hydrogen) atoms. The van der Waals surface area contributed by atoms with Gasteiger partial charge in [-0.2, -0.15) is 0 Å². The molecule has 0 aliphatic heterocycles. The van der Waals surface area contributed by atoms with Crippen LogP contribution >= 0.6 is 0 Å². The van der Waals surface area contributed by atoms with Gasteiger partial charge >= 0.3 is 0 Å². The van der Waals surface area contributed by atoms with Crippen LogP contribution in [0.5, 0.6) is 0 Å². The number of hydrogen-bond acceptors (Lipinski definition) is 1. The molecule has 9 rings (SSSR count). The zero-order valence-electron chi connectivity index (χ0n) is 25.6. The first-order chi connectivity index (χ1) is 22.7. The lowest BCUT2D eigenvalue weighted by atomic mass is 9.66. The minimum Gasteiger partial charge on any atom is -0.455 e. The van der Waals surface area contributed by atoms with Gasteiger partial charge in [-0.25, -0.2) is 0 Å². The smallest absolute Gasteiger partial charge is 0.145 e. The average molecular weight is 590 g/mol. The van der Waals surface area contributed by atoms with Crippen LogP contribution in [0.2, 0.25) is 0 Å². The summed E-state index contributed by atoms with van der Waals surface area (Å²) in [4.78, 5) is 0. The number of para-hydroxylation sites is 2. The number of hydrogen-bond donors (Lipinski definition) is 0. The number of rotatable bonds is 5. The first-order valence-electron chi connectivity index (χ1n) is 15.8. The number of nitrogens with zero attached hydrogens (tertiary/aromatic N) is 1. The van der Waals surface area contributed by atoms with Crippen LogP contribution in [0.15, 0.2) is 174 Å². The van der Waals surface area contributed by atoms with E-state index in [1.165, 1.54) is 38.8 Å². The van der Waals surface area contributed by atoms with Gasteiger partial charge in [-0.3, -0.25) is 0 Å². The maximum atomic E-state index is 6.53. The molecule has 0 saturated heterocycles. The summed E-state index contributed by atoms with van der Waals surface area (Å²) in [5, 5.41) is 4.63. The van der Waals surface area contributed by atoms with E-state index in [4.69, 9.17) is 4.42 Å². The van der Waals surface area contributed by atoms with Crippen molar-refractivity contribution < 1.29 is 4.42 Å². The van der Waals surface area contributed by atoms with E-state index < -0.39 is 5.41 Å². The molecule has 6 aromatic carbocycles. The molecule has 1 aliphatic carbocycles. The third-order valence-corrected chi connectivity index (χ3v) is 9.89. The van der Waals surface area contributed by atoms with Crippen molar-refractivity contribution in [1.82, 2.24) is 4.57 Å². The highest BCUT2D eigenvalue weighted by atomic mass is 16.3. The Bertz CT molecular complexity index is 2540. The van der Waals surface area contributed by atoms with Crippen molar-refractivity contribution in [3.05, 3.63) is 192 Å². The zero-order valence-corrected chi connectivity index (χ0v) is 25.6. The Hall–Kier alpha value is -5.86. The summed E-state index contributed by atoms with van der Waals surface area (Å²) in [6.07, 6.45) is 6.17. The van der Waals surface area contributed by atoms with Crippen molar-refractivity contribution in [1.29, 1.82) is 0 Å². The van der Waals surface area contributed by atoms with Gasteiger partial charge in [0.05, 0.1) is 21.8 Å². The minimum atomic E-state index is -0.457. The average Bonchev–Trinajstić information content (AvgIpc) is 3.74. The van der Waals surface area contributed by atoms with Gasteiger partial charge in [-0.15, -0.1) is 0 Å². The second-order valence-corrected chi connectivity index (χ2v) is 12.1. The molecule has 2 aromatic heterocycles. The van der Waals surface area contributed by atoms with Crippen LogP contribution in [0.4, 0.5) is 0 Å². The monoisotopic (exact) mass is 589 g/mol. The number of aromatic nitrogens is 1. The predicted molar refractivity (Wildman–Crippen MR) is 193 cm³/mol. The molecule has 2 nitrogen and oxygen atoms in total. The predicted octanol–water partition coefficient (Wildman–Crippen LogP) is 11.5. The first-order valence-corrected chi connectivity index (χ1v) is 15.8. The highest BCUT2D eigenvalue weighted by Crippen LogP contribution is 2.55. The summed E-state index contributed by atoms with van der Waals surface area (Å²) in [6, 6.07) is 50.4. The van der Waals surface area contributed by atoms with Crippen molar-refractivity contribution >= 4 is 49.3 Å². The summed E-state index contributed by atoms with van der Waals surface area (Å²) >= 11 is 0. The first kappa shape index (κ1) is 26.5. The molecule has 2 heteroatoms. The van der Waals surface area contributed by atoms with Crippen LogP contribution < -0.4 is 0 Å². The molecule has 0 bridgehead atoms. The molecule has 0 fully saturated rings. The molecule has 8 aromatic rings. The molecular weight excluding hydrogens is 558 g/mol. The lowest BCUT2D eigenvalue weighted by molar-refractivity contribution is 0.673. The van der Waals surface area contributed by atoms with Crippen LogP contribution in [-0.4, -0.2) is 4.57 Å². The summed E-state index contributed by atoms with van der Waals surface area (Å²) < 4.78 is 8.90. The van der Waals surface area contributed by atoms with Gasteiger partial charge in [0.25, 0.3) is 0 Å². The van der Waals surface area contributed by atoms with Gasteiger partial charge in [0.15, 0.2) is 0 Å². The Labute approximate surface area is 267 Å². The normalized spacial score (nSPS) is 16.4. The number of fused-ring (bicyclic) bond motifs is 8. The topological polar surface area (TPSA) is 18.1 Å². The van der Waals surface area contributed by atoms with Crippen LogP contribution in [0.25, 0.3) is 55.0 Å². The standard InChI is InChI=1S/C44H31NO/c1-3-4-19-37-29(2)33-16-8-11-20-38(33)44(37,30-14-6-5-7-15-30)31-23-25-32(26-24-31)45-39-21-12-9-18-36(39)42-40(45)28-27-35-34-17-10-13-22-41(34)46-43(35)42/h3-28H,1H2,2H3/b19-4-. The van der Waals surface area contributed by atoms with Gasteiger partial charge in [-0.05, 0) is 76.7 Å². The fourth-order valence-corrected chi connectivity index (χ4v) is 7.97. The van der Waals surface area contributed by atoms with E-state index in [2.05, 4.69) is 164 Å². The Balaban J connectivity index is 1.30. The van der Waals surface area contributed by atoms with E-state index in [0.717, 1.165) is 44.0 Å². The number of allylic oxidation sites excluding steroid dienone is 5. The summed E-state index contributed by atoms with van der Waals surface area (Å²) in [5.41, 5.74) is 12.4. The Morgan fingerprint density at radius 3 is 2.15 bits per heavy atom. The van der Waals surface area contributed by atoms with E-state index in [0.29, 0.717) is 0 Å². The third kappa shape index (κ3) is 3.53. The van der Waals surface area contributed by atoms with E-state index >= 15 is 0 Å². The fraction of sp³-hybridized carbons (Fsp3) is 0.0455. The van der Waals surface area contributed by atoms with E-state index in [1.807, 2.05) is 12.1 Å².